The number of benzene rings is 1. The lowest BCUT2D eigenvalue weighted by molar-refractivity contribution is -0.139. The highest BCUT2D eigenvalue weighted by Gasteiger charge is 2.38. The lowest BCUT2D eigenvalue weighted by Gasteiger charge is -2.29. The first-order valence-electron chi connectivity index (χ1n) is 11.7. The topological polar surface area (TPSA) is 141 Å². The zero-order valence-electron chi connectivity index (χ0n) is 20.0. The first kappa shape index (κ1) is 27.3. The molecule has 1 aromatic carbocycles. The van der Waals surface area contributed by atoms with E-state index in [1.54, 1.807) is 12.1 Å². The Morgan fingerprint density at radius 2 is 1.67 bits per heavy atom. The van der Waals surface area contributed by atoms with Gasteiger partial charge in [-0.25, -0.2) is 0 Å². The number of carboxylic acid groups (broad SMARTS) is 1. The minimum atomic E-state index is -0.890. The maximum atomic E-state index is 12.7. The van der Waals surface area contributed by atoms with E-state index in [-0.39, 0.29) is 37.9 Å². The monoisotopic (exact) mass is 502 g/mol. The largest absolute Gasteiger partial charge is 0.481 e. The minimum absolute atomic E-state index is 0.0208. The van der Waals surface area contributed by atoms with E-state index in [1.807, 2.05) is 6.07 Å². The van der Waals surface area contributed by atoms with Gasteiger partial charge in [-0.3, -0.25) is 24.5 Å². The number of carboxylic acids is 1. The van der Waals surface area contributed by atoms with E-state index in [4.69, 9.17) is 24.1 Å². The zero-order chi connectivity index (χ0) is 25.8. The molecule has 2 aliphatic rings. The van der Waals surface area contributed by atoms with Crippen molar-refractivity contribution in [3.63, 3.8) is 0 Å². The molecule has 0 aromatic heterocycles. The van der Waals surface area contributed by atoms with Crippen molar-refractivity contribution in [2.24, 2.45) is 0 Å². The summed E-state index contributed by atoms with van der Waals surface area (Å²) in [6, 6.07) is 4.68. The SMILES string of the molecule is O=C(O)CCOCCOCCOCCOCC#Cc1ccc2c(c1)CN(C1CCC(=O)NC1=O)C2=O. The maximum absolute atomic E-state index is 12.7. The molecule has 3 amide bonds. The maximum Gasteiger partial charge on any atom is 0.305 e. The predicted octanol–water partition coefficient (Wildman–Crippen LogP) is 0.340. The van der Waals surface area contributed by atoms with Gasteiger partial charge in [0.15, 0.2) is 0 Å². The fraction of sp³-hybridized carbons (Fsp3) is 0.520. The molecule has 2 heterocycles. The van der Waals surface area contributed by atoms with Crippen molar-refractivity contribution >= 4 is 23.7 Å². The highest BCUT2D eigenvalue weighted by molar-refractivity contribution is 6.05. The number of hydrogen-bond acceptors (Lipinski definition) is 8. The Kier molecular flexibility index (Phi) is 10.8. The van der Waals surface area contributed by atoms with Crippen LogP contribution in [0.5, 0.6) is 0 Å². The summed E-state index contributed by atoms with van der Waals surface area (Å²) >= 11 is 0. The van der Waals surface area contributed by atoms with E-state index in [0.717, 1.165) is 11.1 Å². The fourth-order valence-electron chi connectivity index (χ4n) is 3.73. The third-order valence-corrected chi connectivity index (χ3v) is 5.51. The average molecular weight is 503 g/mol. The molecule has 1 aromatic rings. The Hall–Kier alpha value is -3.30. The average Bonchev–Trinajstić information content (AvgIpc) is 3.16. The quantitative estimate of drug-likeness (QED) is 0.209. The summed E-state index contributed by atoms with van der Waals surface area (Å²) in [5, 5.41) is 10.8. The Bertz CT molecular complexity index is 1010. The minimum Gasteiger partial charge on any atom is -0.481 e. The third-order valence-electron chi connectivity index (χ3n) is 5.51. The van der Waals surface area contributed by atoms with E-state index in [9.17, 15) is 19.2 Å². The first-order valence-corrected chi connectivity index (χ1v) is 11.7. The Morgan fingerprint density at radius 1 is 1.00 bits per heavy atom. The van der Waals surface area contributed by atoms with Crippen molar-refractivity contribution in [1.82, 2.24) is 10.2 Å². The van der Waals surface area contributed by atoms with Crippen molar-refractivity contribution in [2.75, 3.05) is 52.9 Å². The number of nitrogens with one attached hydrogen (secondary N) is 1. The molecule has 11 heteroatoms. The van der Waals surface area contributed by atoms with Gasteiger partial charge >= 0.3 is 5.97 Å². The number of carbonyl (C=O) groups is 4. The summed E-state index contributed by atoms with van der Waals surface area (Å²) in [6.45, 7) is 3.03. The Morgan fingerprint density at radius 3 is 2.33 bits per heavy atom. The number of nitrogens with zero attached hydrogens (tertiary/aromatic N) is 1. The molecular formula is C25H30N2O9. The molecule has 0 spiro atoms. The van der Waals surface area contributed by atoms with Crippen LogP contribution in [0.1, 0.15) is 40.7 Å². The van der Waals surface area contributed by atoms with Crippen LogP contribution in [0.3, 0.4) is 0 Å². The molecule has 3 rings (SSSR count). The Balaban J connectivity index is 1.27. The normalized spacial score (nSPS) is 16.9. The molecule has 0 aliphatic carbocycles. The number of fused-ring (bicyclic) bond motifs is 1. The van der Waals surface area contributed by atoms with E-state index in [2.05, 4.69) is 17.2 Å². The van der Waals surface area contributed by atoms with Crippen LogP contribution < -0.4 is 5.32 Å². The van der Waals surface area contributed by atoms with Gasteiger partial charge in [-0.2, -0.15) is 0 Å². The second kappa shape index (κ2) is 14.3. The second-order valence-electron chi connectivity index (χ2n) is 8.11. The number of rotatable bonds is 14. The first-order chi connectivity index (χ1) is 17.5. The molecule has 2 N–H and O–H groups in total. The van der Waals surface area contributed by atoms with Crippen molar-refractivity contribution < 1.29 is 43.2 Å². The van der Waals surface area contributed by atoms with Crippen molar-refractivity contribution in [3.05, 3.63) is 34.9 Å². The smallest absolute Gasteiger partial charge is 0.305 e. The molecule has 0 bridgehead atoms. The molecular weight excluding hydrogens is 472 g/mol. The number of carbonyl (C=O) groups excluding carboxylic acids is 3. The summed E-state index contributed by atoms with van der Waals surface area (Å²) in [7, 11) is 0. The van der Waals surface area contributed by atoms with Crippen LogP contribution in [-0.2, 0) is 39.9 Å². The highest BCUT2D eigenvalue weighted by Crippen LogP contribution is 2.28. The molecule has 1 atom stereocenters. The van der Waals surface area contributed by atoms with Gasteiger partial charge in [0, 0.05) is 24.1 Å². The molecule has 2 aliphatic heterocycles. The summed E-state index contributed by atoms with van der Waals surface area (Å²) in [5.41, 5.74) is 2.10. The number of piperidine rings is 1. The second-order valence-corrected chi connectivity index (χ2v) is 8.11. The standard InChI is InChI=1S/C25H30N2O9/c28-22-6-5-21(24(31)26-22)27-17-19-16-18(3-4-20(19)25(27)32)2-1-8-33-10-12-35-14-15-36-13-11-34-9-7-23(29)30/h3-4,16,21H,5-15,17H2,(H,29,30)(H,26,28,31). The van der Waals surface area contributed by atoms with Crippen LogP contribution in [-0.4, -0.2) is 92.6 Å². The molecule has 0 saturated carbocycles. The molecule has 1 unspecified atom stereocenters. The van der Waals surface area contributed by atoms with E-state index in [0.29, 0.717) is 58.2 Å². The van der Waals surface area contributed by atoms with Gasteiger partial charge in [0.1, 0.15) is 12.6 Å². The van der Waals surface area contributed by atoms with Crippen molar-refractivity contribution in [3.8, 4) is 11.8 Å². The van der Waals surface area contributed by atoms with Gasteiger partial charge in [0.25, 0.3) is 5.91 Å². The van der Waals surface area contributed by atoms with E-state index < -0.39 is 17.9 Å². The summed E-state index contributed by atoms with van der Waals surface area (Å²) in [6.07, 6.45) is 0.530. The van der Waals surface area contributed by atoms with Gasteiger partial charge in [-0.1, -0.05) is 11.8 Å². The van der Waals surface area contributed by atoms with Crippen LogP contribution >= 0.6 is 0 Å². The number of hydrogen-bond donors (Lipinski definition) is 2. The van der Waals surface area contributed by atoms with Crippen molar-refractivity contribution in [2.45, 2.75) is 31.8 Å². The molecule has 194 valence electrons. The Labute approximate surface area is 209 Å². The van der Waals surface area contributed by atoms with Gasteiger partial charge < -0.3 is 29.0 Å². The van der Waals surface area contributed by atoms with Crippen LogP contribution in [0.15, 0.2) is 18.2 Å². The van der Waals surface area contributed by atoms with Crippen LogP contribution in [0.2, 0.25) is 0 Å². The molecule has 0 radical (unpaired) electrons. The molecule has 36 heavy (non-hydrogen) atoms. The van der Waals surface area contributed by atoms with Crippen LogP contribution in [0.4, 0.5) is 0 Å². The fourth-order valence-corrected chi connectivity index (χ4v) is 3.73. The summed E-state index contributed by atoms with van der Waals surface area (Å²) in [5.74, 6) is 4.10. The molecule has 11 nitrogen and oxygen atoms in total. The molecule has 1 fully saturated rings. The van der Waals surface area contributed by atoms with E-state index >= 15 is 0 Å². The number of aliphatic carboxylic acids is 1. The third kappa shape index (κ3) is 8.42. The van der Waals surface area contributed by atoms with Crippen LogP contribution in [0.25, 0.3) is 0 Å². The van der Waals surface area contributed by atoms with Gasteiger partial charge in [-0.15, -0.1) is 0 Å². The van der Waals surface area contributed by atoms with Gasteiger partial charge in [0.05, 0.1) is 52.7 Å². The predicted molar refractivity (Wildman–Crippen MR) is 125 cm³/mol. The lowest BCUT2D eigenvalue weighted by atomic mass is 10.0. The molecule has 1 saturated heterocycles. The van der Waals surface area contributed by atoms with Gasteiger partial charge in [0.2, 0.25) is 11.8 Å². The number of amides is 3. The zero-order valence-corrected chi connectivity index (χ0v) is 20.0. The van der Waals surface area contributed by atoms with Crippen LogP contribution in [0, 0.1) is 11.8 Å². The summed E-state index contributed by atoms with van der Waals surface area (Å²) in [4.78, 5) is 48.1. The van der Waals surface area contributed by atoms with Crippen molar-refractivity contribution in [1.29, 1.82) is 0 Å². The van der Waals surface area contributed by atoms with Gasteiger partial charge in [-0.05, 0) is 30.2 Å². The van der Waals surface area contributed by atoms with E-state index in [1.165, 1.54) is 4.90 Å². The number of ether oxygens (including phenoxy) is 4. The summed E-state index contributed by atoms with van der Waals surface area (Å²) < 4.78 is 21.2. The lowest BCUT2D eigenvalue weighted by Crippen LogP contribution is -2.52. The highest BCUT2D eigenvalue weighted by atomic mass is 16.6. The number of imide groups is 1.